The highest BCUT2D eigenvalue weighted by atomic mass is 32.1. The van der Waals surface area contributed by atoms with Crippen LogP contribution >= 0.6 is 12.2 Å². The van der Waals surface area contributed by atoms with Gasteiger partial charge in [0.2, 0.25) is 0 Å². The normalized spacial score (nSPS) is 9.00. The molecule has 0 spiro atoms. The molecule has 13 heavy (non-hydrogen) atoms. The second-order valence-electron chi connectivity index (χ2n) is 2.37. The van der Waals surface area contributed by atoms with Crippen molar-refractivity contribution in [3.05, 3.63) is 35.6 Å². The van der Waals surface area contributed by atoms with E-state index in [-0.39, 0.29) is 6.42 Å². The van der Waals surface area contributed by atoms with Gasteiger partial charge in [-0.3, -0.25) is 4.79 Å². The first-order chi connectivity index (χ1) is 6.24. The third-order valence-corrected chi connectivity index (χ3v) is 1.56. The molecule has 0 aliphatic carbocycles. The number of benzene rings is 1. The maximum Gasteiger partial charge on any atom is 0.259 e. The fourth-order valence-electron chi connectivity index (χ4n) is 0.895. The van der Waals surface area contributed by atoms with Crippen LogP contribution in [0.3, 0.4) is 0 Å². The first-order valence-electron chi connectivity index (χ1n) is 3.58. The quantitative estimate of drug-likeness (QED) is 0.533. The summed E-state index contributed by atoms with van der Waals surface area (Å²) in [5.41, 5.74) is 0.321. The Morgan fingerprint density at radius 1 is 1.54 bits per heavy atom. The molecule has 66 valence electrons. The summed E-state index contributed by atoms with van der Waals surface area (Å²) >= 11 is 4.25. The highest BCUT2D eigenvalue weighted by molar-refractivity contribution is 7.78. The lowest BCUT2D eigenvalue weighted by atomic mass is 10.1. The van der Waals surface area contributed by atoms with Crippen LogP contribution in [0.1, 0.15) is 5.56 Å². The van der Waals surface area contributed by atoms with E-state index in [9.17, 15) is 9.18 Å². The lowest BCUT2D eigenvalue weighted by Gasteiger charge is -1.97. The molecule has 0 fully saturated rings. The molecule has 0 aliphatic heterocycles. The highest BCUT2D eigenvalue weighted by Crippen LogP contribution is 2.07. The van der Waals surface area contributed by atoms with Crippen LogP contribution < -0.4 is 0 Å². The number of aliphatic imine (C=N–C) groups is 1. The molecule has 4 heteroatoms. The van der Waals surface area contributed by atoms with Gasteiger partial charge in [-0.1, -0.05) is 18.2 Å². The molecule has 0 aromatic heterocycles. The number of rotatable bonds is 2. The Morgan fingerprint density at radius 2 is 2.23 bits per heavy atom. The fraction of sp³-hybridized carbons (Fsp3) is 0.111. The van der Waals surface area contributed by atoms with E-state index in [2.05, 4.69) is 17.2 Å². The van der Waals surface area contributed by atoms with Crippen LogP contribution in [0.25, 0.3) is 0 Å². The Morgan fingerprint density at radius 3 is 2.85 bits per heavy atom. The molecule has 0 bridgehead atoms. The van der Waals surface area contributed by atoms with E-state index < -0.39 is 11.7 Å². The van der Waals surface area contributed by atoms with Crippen molar-refractivity contribution in [2.75, 3.05) is 0 Å². The molecular weight excluding hydrogens is 189 g/mol. The Labute approximate surface area is 80.1 Å². The molecule has 0 saturated heterocycles. The van der Waals surface area contributed by atoms with Crippen LogP contribution in [0.2, 0.25) is 0 Å². The van der Waals surface area contributed by atoms with E-state index in [1.165, 1.54) is 12.1 Å². The number of hydrogen-bond donors (Lipinski definition) is 0. The van der Waals surface area contributed by atoms with Gasteiger partial charge in [-0.15, -0.1) is 0 Å². The zero-order chi connectivity index (χ0) is 9.68. The van der Waals surface area contributed by atoms with E-state index in [4.69, 9.17) is 0 Å². The third-order valence-electron chi connectivity index (χ3n) is 1.47. The van der Waals surface area contributed by atoms with Crippen molar-refractivity contribution in [3.63, 3.8) is 0 Å². The molecule has 0 radical (unpaired) electrons. The van der Waals surface area contributed by atoms with Crippen LogP contribution in [0.5, 0.6) is 0 Å². The SMILES string of the molecule is O=C(Cc1ccccc1F)N=C=S. The Bertz CT molecular complexity index is 372. The minimum Gasteiger partial charge on any atom is -0.271 e. The molecule has 0 atom stereocenters. The molecular formula is C9H6FNOS. The van der Waals surface area contributed by atoms with Gasteiger partial charge in [-0.05, 0) is 23.8 Å². The van der Waals surface area contributed by atoms with E-state index in [0.29, 0.717) is 5.56 Å². The molecule has 0 unspecified atom stereocenters. The van der Waals surface area contributed by atoms with Gasteiger partial charge in [0.15, 0.2) is 0 Å². The van der Waals surface area contributed by atoms with Gasteiger partial charge >= 0.3 is 0 Å². The predicted molar refractivity (Wildman–Crippen MR) is 50.1 cm³/mol. The summed E-state index contributed by atoms with van der Waals surface area (Å²) in [4.78, 5) is 14.1. The zero-order valence-corrected chi connectivity index (χ0v) is 7.47. The molecule has 0 heterocycles. The Kier molecular flexibility index (Phi) is 3.43. The fourth-order valence-corrected chi connectivity index (χ4v) is 0.997. The van der Waals surface area contributed by atoms with E-state index in [0.717, 1.165) is 0 Å². The summed E-state index contributed by atoms with van der Waals surface area (Å²) in [6.45, 7) is 0. The monoisotopic (exact) mass is 195 g/mol. The summed E-state index contributed by atoms with van der Waals surface area (Å²) in [5.74, 6) is -0.893. The van der Waals surface area contributed by atoms with E-state index in [1.54, 1.807) is 12.1 Å². The second-order valence-corrected chi connectivity index (χ2v) is 2.55. The lowest BCUT2D eigenvalue weighted by Crippen LogP contribution is -2.00. The van der Waals surface area contributed by atoms with Crippen molar-refractivity contribution in [3.8, 4) is 0 Å². The molecule has 0 N–H and O–H groups in total. The molecule has 1 aromatic rings. The van der Waals surface area contributed by atoms with Gasteiger partial charge < -0.3 is 0 Å². The lowest BCUT2D eigenvalue weighted by molar-refractivity contribution is -0.117. The average Bonchev–Trinajstić information content (AvgIpc) is 2.09. The number of thiocarbonyl (C=S) groups is 1. The van der Waals surface area contributed by atoms with Crippen LogP contribution in [-0.4, -0.2) is 11.1 Å². The number of carbonyl (C=O) groups is 1. The van der Waals surface area contributed by atoms with Crippen LogP contribution in [-0.2, 0) is 11.2 Å². The largest absolute Gasteiger partial charge is 0.271 e. The van der Waals surface area contributed by atoms with Crippen LogP contribution in [0.4, 0.5) is 4.39 Å². The zero-order valence-electron chi connectivity index (χ0n) is 6.66. The molecule has 1 aromatic carbocycles. The second kappa shape index (κ2) is 4.60. The average molecular weight is 195 g/mol. The predicted octanol–water partition coefficient (Wildman–Crippen LogP) is 2.00. The smallest absolute Gasteiger partial charge is 0.259 e. The number of isothiocyanates is 1. The van der Waals surface area contributed by atoms with Gasteiger partial charge in [0.1, 0.15) is 5.82 Å². The first kappa shape index (κ1) is 9.71. The number of carbonyl (C=O) groups excluding carboxylic acids is 1. The van der Waals surface area contributed by atoms with Gasteiger partial charge in [0.05, 0.1) is 11.6 Å². The van der Waals surface area contributed by atoms with Crippen LogP contribution in [0.15, 0.2) is 29.3 Å². The van der Waals surface area contributed by atoms with Gasteiger partial charge in [0, 0.05) is 0 Å². The van der Waals surface area contributed by atoms with Crippen molar-refractivity contribution in [1.82, 2.24) is 0 Å². The van der Waals surface area contributed by atoms with Crippen LogP contribution in [0, 0.1) is 5.82 Å². The summed E-state index contributed by atoms with van der Waals surface area (Å²) < 4.78 is 12.9. The standard InChI is InChI=1S/C9H6FNOS/c10-8-4-2-1-3-7(8)5-9(12)11-6-13/h1-4H,5H2. The van der Waals surface area contributed by atoms with Crippen molar-refractivity contribution >= 4 is 23.3 Å². The van der Waals surface area contributed by atoms with Crippen molar-refractivity contribution in [2.24, 2.45) is 4.99 Å². The van der Waals surface area contributed by atoms with Crippen molar-refractivity contribution in [1.29, 1.82) is 0 Å². The minimum absolute atomic E-state index is 0.0731. The molecule has 1 amide bonds. The maximum absolute atomic E-state index is 12.9. The topological polar surface area (TPSA) is 29.4 Å². The molecule has 1 rings (SSSR count). The summed E-state index contributed by atoms with van der Waals surface area (Å²) in [6.07, 6.45) is -0.0731. The molecule has 2 nitrogen and oxygen atoms in total. The summed E-state index contributed by atoms with van der Waals surface area (Å²) in [7, 11) is 0. The number of nitrogens with zero attached hydrogens (tertiary/aromatic N) is 1. The number of hydrogen-bond acceptors (Lipinski definition) is 2. The number of amides is 1. The molecule has 0 saturated carbocycles. The van der Waals surface area contributed by atoms with E-state index in [1.807, 2.05) is 5.16 Å². The van der Waals surface area contributed by atoms with Crippen molar-refractivity contribution in [2.45, 2.75) is 6.42 Å². The highest BCUT2D eigenvalue weighted by Gasteiger charge is 2.05. The summed E-state index contributed by atoms with van der Waals surface area (Å²) in [5, 5.41) is 1.94. The van der Waals surface area contributed by atoms with Gasteiger partial charge in [-0.2, -0.15) is 4.99 Å². The first-order valence-corrected chi connectivity index (χ1v) is 3.99. The minimum atomic E-state index is -0.486. The summed E-state index contributed by atoms with van der Waals surface area (Å²) in [6, 6.07) is 6.05. The van der Waals surface area contributed by atoms with Gasteiger partial charge in [-0.25, -0.2) is 4.39 Å². The maximum atomic E-state index is 12.9. The third kappa shape index (κ3) is 2.86. The Hall–Kier alpha value is -1.38. The van der Waals surface area contributed by atoms with Gasteiger partial charge in [0.25, 0.3) is 5.91 Å². The van der Waals surface area contributed by atoms with E-state index >= 15 is 0 Å². The number of halogens is 1. The Balaban J connectivity index is 2.80. The molecule has 0 aliphatic rings. The van der Waals surface area contributed by atoms with Crippen molar-refractivity contribution < 1.29 is 9.18 Å².